The number of hydrogen-bond acceptors (Lipinski definition) is 17. The van der Waals surface area contributed by atoms with E-state index in [1.54, 1.807) is 0 Å². The average molecular weight is 573 g/mol. The molecule has 3 aromatic rings. The van der Waals surface area contributed by atoms with Crippen LogP contribution in [0.5, 0.6) is 56.8 Å². The molecular formula is C21H24N4O13S. The number of nitrogens with two attached hydrogens (primary N) is 1. The van der Waals surface area contributed by atoms with Crippen LogP contribution in [0.4, 0.5) is 10.8 Å². The third kappa shape index (κ3) is 5.72. The molecule has 0 saturated carbocycles. The fourth-order valence-corrected chi connectivity index (χ4v) is 4.10. The summed E-state index contributed by atoms with van der Waals surface area (Å²) in [5.74, 6) is -14.0. The van der Waals surface area contributed by atoms with E-state index in [2.05, 4.69) is 10.3 Å². The molecule has 0 aliphatic heterocycles. The zero-order valence-corrected chi connectivity index (χ0v) is 20.4. The van der Waals surface area contributed by atoms with E-state index in [9.17, 15) is 66.1 Å². The number of carbonyl (C=O) groups is 1. The van der Waals surface area contributed by atoms with E-state index >= 15 is 0 Å². The summed E-state index contributed by atoms with van der Waals surface area (Å²) < 4.78 is 0. The van der Waals surface area contributed by atoms with Crippen LogP contribution in [0.15, 0.2) is 0 Å². The summed E-state index contributed by atoms with van der Waals surface area (Å²) in [6, 6.07) is 0. The number of nitrogens with zero attached hydrogens (tertiary/aromatic N) is 1. The van der Waals surface area contributed by atoms with Gasteiger partial charge in [0.15, 0.2) is 44.7 Å². The minimum Gasteiger partial charge on any atom is -0.504 e. The minimum atomic E-state index is -2.98. The van der Waals surface area contributed by atoms with Gasteiger partial charge in [0.05, 0.1) is 12.0 Å². The largest absolute Gasteiger partial charge is 0.504 e. The second-order valence-corrected chi connectivity index (χ2v) is 9.18. The van der Waals surface area contributed by atoms with E-state index in [-0.39, 0.29) is 15.9 Å². The van der Waals surface area contributed by atoms with Crippen molar-refractivity contribution in [2.24, 2.45) is 0 Å². The number of aromatic nitrogens is 1. The summed E-state index contributed by atoms with van der Waals surface area (Å²) in [6.07, 6.45) is -2.12. The summed E-state index contributed by atoms with van der Waals surface area (Å²) in [5.41, 5.74) is 3.20. The molecule has 1 aromatic heterocycles. The second-order valence-electron chi connectivity index (χ2n) is 8.17. The van der Waals surface area contributed by atoms with E-state index in [0.717, 1.165) is 0 Å². The van der Waals surface area contributed by atoms with Gasteiger partial charge in [-0.05, 0) is 6.42 Å². The Balaban J connectivity index is 1.75. The van der Waals surface area contributed by atoms with E-state index in [0.29, 0.717) is 11.3 Å². The lowest BCUT2D eigenvalue weighted by atomic mass is 10.0. The molecule has 0 saturated heterocycles. The van der Waals surface area contributed by atoms with Crippen LogP contribution in [0.2, 0.25) is 0 Å². The highest BCUT2D eigenvalue weighted by molar-refractivity contribution is 7.17. The van der Waals surface area contributed by atoms with Gasteiger partial charge in [-0.3, -0.25) is 10.1 Å². The van der Waals surface area contributed by atoms with Crippen LogP contribution in [-0.4, -0.2) is 84.6 Å². The minimum absolute atomic E-state index is 0.0290. The first kappa shape index (κ1) is 28.8. The molecule has 0 atom stereocenters. The number of nitrogen functional groups attached to an aromatic ring is 1. The number of carbonyl (C=O) groups excluding carboxylic acids is 1. The summed E-state index contributed by atoms with van der Waals surface area (Å²) in [7, 11) is 0. The average Bonchev–Trinajstić information content (AvgIpc) is 3.18. The van der Waals surface area contributed by atoms with E-state index < -0.39 is 106 Å². The number of aliphatic hydroxyl groups is 2. The molecule has 212 valence electrons. The molecule has 0 radical (unpaired) electrons. The molecule has 0 spiro atoms. The summed E-state index contributed by atoms with van der Waals surface area (Å²) in [6.45, 7) is -0.501. The molecule has 0 aliphatic carbocycles. The summed E-state index contributed by atoms with van der Waals surface area (Å²) >= 11 is 0.696. The number of benzene rings is 2. The number of hydrogen-bond donors (Lipinski definition) is 15. The number of thiazole rings is 1. The summed E-state index contributed by atoms with van der Waals surface area (Å²) in [5, 5.41) is 123. The molecule has 3 rings (SSSR count). The Labute approximate surface area is 221 Å². The maximum Gasteiger partial charge on any atom is 0.230 e. The van der Waals surface area contributed by atoms with Crippen molar-refractivity contribution in [3.63, 3.8) is 0 Å². The summed E-state index contributed by atoms with van der Waals surface area (Å²) in [4.78, 5) is 16.0. The van der Waals surface area contributed by atoms with E-state index in [1.165, 1.54) is 0 Å². The molecule has 2 aromatic carbocycles. The zero-order valence-electron chi connectivity index (χ0n) is 19.5. The molecule has 39 heavy (non-hydrogen) atoms. The predicted octanol–water partition coefficient (Wildman–Crippen LogP) is -1.02. The molecule has 17 nitrogen and oxygen atoms in total. The van der Waals surface area contributed by atoms with Crippen LogP contribution in [0.25, 0.3) is 0 Å². The van der Waals surface area contributed by atoms with Gasteiger partial charge in [0.25, 0.3) is 0 Å². The topological polar surface area (TPSA) is 323 Å². The third-order valence-electron chi connectivity index (χ3n) is 5.45. The standard InChI is InChI=1S/C21H24N4O13S/c22-20-24-7(19(36)39-20)3-8(26)25-9-14(31)12(29)6(13(30)15(9)32)4-21(37,38)23-2-1-5-10(27)16(33)18(35)17(34)11(5)28/h23,27-38H,1-4H2,(H2,22,24)(H,25,26). The molecule has 18 heteroatoms. The van der Waals surface area contributed by atoms with Crippen molar-refractivity contribution in [2.75, 3.05) is 17.6 Å². The lowest BCUT2D eigenvalue weighted by Gasteiger charge is -2.25. The van der Waals surface area contributed by atoms with Crippen LogP contribution >= 0.6 is 11.3 Å². The fraction of sp³-hybridized carbons (Fsp3) is 0.238. The second kappa shape index (κ2) is 10.5. The van der Waals surface area contributed by atoms with Gasteiger partial charge in [-0.1, -0.05) is 11.3 Å². The first-order valence-corrected chi connectivity index (χ1v) is 11.5. The number of amides is 1. The van der Waals surface area contributed by atoms with Crippen LogP contribution in [0.1, 0.15) is 16.8 Å². The van der Waals surface area contributed by atoms with Crippen LogP contribution < -0.4 is 16.4 Å². The van der Waals surface area contributed by atoms with Gasteiger partial charge < -0.3 is 72.3 Å². The lowest BCUT2D eigenvalue weighted by molar-refractivity contribution is -0.183. The van der Waals surface area contributed by atoms with Gasteiger partial charge in [-0.15, -0.1) is 0 Å². The smallest absolute Gasteiger partial charge is 0.230 e. The van der Waals surface area contributed by atoms with Gasteiger partial charge in [-0.25, -0.2) is 4.98 Å². The number of anilines is 2. The van der Waals surface area contributed by atoms with Crippen molar-refractivity contribution in [2.45, 2.75) is 25.2 Å². The number of phenolic OH excluding ortho intramolecular Hbond substituents is 9. The first-order valence-electron chi connectivity index (χ1n) is 10.7. The van der Waals surface area contributed by atoms with Gasteiger partial charge in [0.2, 0.25) is 29.1 Å². The Hall–Kier alpha value is -4.78. The van der Waals surface area contributed by atoms with Gasteiger partial charge in [-0.2, -0.15) is 0 Å². The predicted molar refractivity (Wildman–Crippen MR) is 131 cm³/mol. The van der Waals surface area contributed by atoms with Crippen LogP contribution in [-0.2, 0) is 24.1 Å². The molecular weight excluding hydrogens is 548 g/mol. The van der Waals surface area contributed by atoms with Crippen LogP contribution in [0, 0.1) is 0 Å². The Bertz CT molecular complexity index is 1380. The molecule has 0 aliphatic rings. The van der Waals surface area contributed by atoms with Crippen molar-refractivity contribution in [1.29, 1.82) is 0 Å². The van der Waals surface area contributed by atoms with Gasteiger partial charge in [0, 0.05) is 18.5 Å². The molecule has 1 heterocycles. The van der Waals surface area contributed by atoms with Crippen LogP contribution in [0.3, 0.4) is 0 Å². The molecule has 1 amide bonds. The van der Waals surface area contributed by atoms with Crippen molar-refractivity contribution < 1.29 is 66.1 Å². The highest BCUT2D eigenvalue weighted by atomic mass is 32.1. The first-order chi connectivity index (χ1) is 18.1. The van der Waals surface area contributed by atoms with Crippen molar-refractivity contribution >= 4 is 28.1 Å². The monoisotopic (exact) mass is 572 g/mol. The maximum absolute atomic E-state index is 12.3. The van der Waals surface area contributed by atoms with Gasteiger partial charge >= 0.3 is 0 Å². The van der Waals surface area contributed by atoms with Gasteiger partial charge in [0.1, 0.15) is 11.4 Å². The normalized spacial score (nSPS) is 11.5. The van der Waals surface area contributed by atoms with Crippen molar-refractivity contribution in [3.8, 4) is 56.8 Å². The number of nitrogens with one attached hydrogen (secondary N) is 2. The number of phenols is 9. The maximum atomic E-state index is 12.3. The Kier molecular flexibility index (Phi) is 7.77. The zero-order chi connectivity index (χ0) is 29.4. The lowest BCUT2D eigenvalue weighted by Crippen LogP contribution is -2.47. The van der Waals surface area contributed by atoms with Crippen molar-refractivity contribution in [3.05, 3.63) is 16.8 Å². The Morgan fingerprint density at radius 2 is 1.26 bits per heavy atom. The number of aromatic hydroxyl groups is 10. The quantitative estimate of drug-likeness (QED) is 0.0828. The fourth-order valence-electron chi connectivity index (χ4n) is 3.51. The SMILES string of the molecule is Nc1nc(CC(=O)Nc2c(O)c(O)c(CC(O)(O)NCCc3c(O)c(O)c(O)c(O)c3O)c(O)c2O)c(O)s1. The molecule has 0 fully saturated rings. The van der Waals surface area contributed by atoms with E-state index in [1.807, 2.05) is 5.32 Å². The molecule has 0 unspecified atom stereocenters. The van der Waals surface area contributed by atoms with Crippen molar-refractivity contribution in [1.82, 2.24) is 10.3 Å². The molecule has 16 N–H and O–H groups in total. The third-order valence-corrected chi connectivity index (χ3v) is 6.18. The Morgan fingerprint density at radius 3 is 1.74 bits per heavy atom. The number of rotatable bonds is 9. The highest BCUT2D eigenvalue weighted by Gasteiger charge is 2.32. The Morgan fingerprint density at radius 1 is 0.769 bits per heavy atom. The van der Waals surface area contributed by atoms with E-state index in [4.69, 9.17) is 5.73 Å². The molecule has 0 bridgehead atoms. The highest BCUT2D eigenvalue weighted by Crippen LogP contribution is 2.52.